The summed E-state index contributed by atoms with van der Waals surface area (Å²) in [6, 6.07) is 17.5. The lowest BCUT2D eigenvalue weighted by atomic mass is 10.1. The van der Waals surface area contributed by atoms with Crippen LogP contribution in [0.4, 0.5) is 0 Å². The largest absolute Gasteiger partial charge is 0.458 e. The average molecular weight is 378 g/mol. The quantitative estimate of drug-likeness (QED) is 0.600. The molecule has 28 heavy (non-hydrogen) atoms. The summed E-state index contributed by atoms with van der Waals surface area (Å²) < 4.78 is 10.8. The van der Waals surface area contributed by atoms with Crippen molar-refractivity contribution < 1.29 is 18.7 Å². The number of amides is 1. The van der Waals surface area contributed by atoms with Crippen molar-refractivity contribution in [2.24, 2.45) is 0 Å². The van der Waals surface area contributed by atoms with Gasteiger partial charge in [-0.15, -0.1) is 0 Å². The number of ether oxygens (including phenoxy) is 1. The fourth-order valence-electron chi connectivity index (χ4n) is 2.70. The Morgan fingerprint density at radius 2 is 1.75 bits per heavy atom. The fourth-order valence-corrected chi connectivity index (χ4v) is 2.70. The van der Waals surface area contributed by atoms with Gasteiger partial charge in [-0.1, -0.05) is 49.7 Å². The zero-order chi connectivity index (χ0) is 19.8. The summed E-state index contributed by atoms with van der Waals surface area (Å²) in [5, 5.41) is 2.74. The van der Waals surface area contributed by atoms with Gasteiger partial charge in [0.2, 0.25) is 5.89 Å². The van der Waals surface area contributed by atoms with Crippen LogP contribution in [0.5, 0.6) is 0 Å². The molecule has 1 amide bonds. The maximum Gasteiger partial charge on any atom is 0.329 e. The highest BCUT2D eigenvalue weighted by molar-refractivity contribution is 5.96. The van der Waals surface area contributed by atoms with Crippen LogP contribution in [0.15, 0.2) is 71.3 Å². The molecule has 3 aromatic rings. The lowest BCUT2D eigenvalue weighted by Gasteiger charge is -2.16. The van der Waals surface area contributed by atoms with Crippen LogP contribution in [-0.2, 0) is 16.1 Å². The third kappa shape index (κ3) is 5.07. The third-order valence-electron chi connectivity index (χ3n) is 4.14. The van der Waals surface area contributed by atoms with Crippen molar-refractivity contribution in [2.45, 2.75) is 32.4 Å². The molecule has 0 fully saturated rings. The molecule has 144 valence electrons. The van der Waals surface area contributed by atoms with Crippen molar-refractivity contribution in [3.8, 4) is 11.5 Å². The van der Waals surface area contributed by atoms with Crippen LogP contribution in [-0.4, -0.2) is 22.9 Å². The molecule has 2 aromatic carbocycles. The number of nitrogens with one attached hydrogen (secondary N) is 1. The highest BCUT2D eigenvalue weighted by Crippen LogP contribution is 2.18. The van der Waals surface area contributed by atoms with Crippen molar-refractivity contribution in [2.75, 3.05) is 0 Å². The van der Waals surface area contributed by atoms with Crippen LogP contribution in [0.2, 0.25) is 0 Å². The Labute approximate surface area is 163 Å². The summed E-state index contributed by atoms with van der Waals surface area (Å²) in [6.45, 7) is 1.93. The van der Waals surface area contributed by atoms with Gasteiger partial charge in [0.1, 0.15) is 24.6 Å². The average Bonchev–Trinajstić information content (AvgIpc) is 3.22. The Balaban J connectivity index is 1.58. The lowest BCUT2D eigenvalue weighted by molar-refractivity contribution is -0.147. The molecule has 1 aromatic heterocycles. The highest BCUT2D eigenvalue weighted by Gasteiger charge is 2.22. The number of esters is 1. The number of hydrogen-bond donors (Lipinski definition) is 1. The van der Waals surface area contributed by atoms with Gasteiger partial charge in [-0.05, 0) is 30.7 Å². The van der Waals surface area contributed by atoms with Crippen LogP contribution in [0.3, 0.4) is 0 Å². The Hall–Kier alpha value is -3.41. The minimum atomic E-state index is -0.710. The molecule has 1 atom stereocenters. The second-order valence-electron chi connectivity index (χ2n) is 6.30. The number of carbonyl (C=O) groups is 2. The van der Waals surface area contributed by atoms with Crippen LogP contribution in [0.1, 0.15) is 35.8 Å². The molecule has 0 aliphatic heterocycles. The van der Waals surface area contributed by atoms with Crippen LogP contribution in [0.25, 0.3) is 11.5 Å². The SMILES string of the molecule is CCC[C@H](NC(=O)c1ccccc1)C(=O)OCc1coc(-c2ccccc2)n1. The van der Waals surface area contributed by atoms with E-state index in [-0.39, 0.29) is 12.5 Å². The molecule has 1 N–H and O–H groups in total. The van der Waals surface area contributed by atoms with E-state index >= 15 is 0 Å². The lowest BCUT2D eigenvalue weighted by Crippen LogP contribution is -2.41. The van der Waals surface area contributed by atoms with E-state index in [1.807, 2.05) is 43.3 Å². The Morgan fingerprint density at radius 3 is 2.43 bits per heavy atom. The first-order valence-electron chi connectivity index (χ1n) is 9.19. The Bertz CT molecular complexity index is 907. The zero-order valence-corrected chi connectivity index (χ0v) is 15.6. The van der Waals surface area contributed by atoms with Gasteiger partial charge in [0, 0.05) is 11.1 Å². The highest BCUT2D eigenvalue weighted by atomic mass is 16.5. The fraction of sp³-hybridized carbons (Fsp3) is 0.227. The van der Waals surface area contributed by atoms with Gasteiger partial charge in [-0.25, -0.2) is 9.78 Å². The predicted molar refractivity (Wildman–Crippen MR) is 104 cm³/mol. The van der Waals surface area contributed by atoms with Crippen molar-refractivity contribution in [1.29, 1.82) is 0 Å². The van der Waals surface area contributed by atoms with E-state index in [9.17, 15) is 9.59 Å². The number of oxazole rings is 1. The molecule has 6 nitrogen and oxygen atoms in total. The number of aromatic nitrogens is 1. The smallest absolute Gasteiger partial charge is 0.329 e. The van der Waals surface area contributed by atoms with Gasteiger partial charge >= 0.3 is 5.97 Å². The monoisotopic (exact) mass is 378 g/mol. The topological polar surface area (TPSA) is 81.4 Å². The molecule has 1 heterocycles. The summed E-state index contributed by atoms with van der Waals surface area (Å²) in [6.07, 6.45) is 2.69. The number of rotatable bonds is 8. The Morgan fingerprint density at radius 1 is 1.07 bits per heavy atom. The predicted octanol–water partition coefficient (Wildman–Crippen LogP) is 3.98. The molecule has 0 radical (unpaired) electrons. The van der Waals surface area contributed by atoms with Crippen LogP contribution < -0.4 is 5.32 Å². The summed E-state index contributed by atoms with van der Waals surface area (Å²) in [5.74, 6) is -0.326. The molecule has 0 unspecified atom stereocenters. The maximum atomic E-state index is 12.5. The van der Waals surface area contributed by atoms with Gasteiger partial charge < -0.3 is 14.5 Å². The van der Waals surface area contributed by atoms with E-state index in [1.54, 1.807) is 24.3 Å². The molecule has 0 aliphatic carbocycles. The number of carbonyl (C=O) groups excluding carboxylic acids is 2. The molecular formula is C22H22N2O4. The molecular weight excluding hydrogens is 356 g/mol. The number of benzene rings is 2. The summed E-state index contributed by atoms with van der Waals surface area (Å²) in [7, 11) is 0. The minimum absolute atomic E-state index is 0.0173. The van der Waals surface area contributed by atoms with Gasteiger partial charge in [-0.3, -0.25) is 4.79 Å². The van der Waals surface area contributed by atoms with Crippen LogP contribution >= 0.6 is 0 Å². The van der Waals surface area contributed by atoms with E-state index in [4.69, 9.17) is 9.15 Å². The molecule has 3 rings (SSSR count). The van der Waals surface area contributed by atoms with Gasteiger partial charge in [0.15, 0.2) is 0 Å². The van der Waals surface area contributed by atoms with Crippen molar-refractivity contribution in [1.82, 2.24) is 10.3 Å². The normalized spacial score (nSPS) is 11.6. The number of hydrogen-bond acceptors (Lipinski definition) is 5. The Kier molecular flexibility index (Phi) is 6.57. The molecule has 0 saturated heterocycles. The first-order valence-corrected chi connectivity index (χ1v) is 9.19. The van der Waals surface area contributed by atoms with E-state index in [2.05, 4.69) is 10.3 Å². The second kappa shape index (κ2) is 9.50. The van der Waals surface area contributed by atoms with Crippen LogP contribution in [0, 0.1) is 0 Å². The zero-order valence-electron chi connectivity index (χ0n) is 15.6. The summed E-state index contributed by atoms with van der Waals surface area (Å²) >= 11 is 0. The van der Waals surface area contributed by atoms with Gasteiger partial charge in [0.05, 0.1) is 0 Å². The standard InChI is InChI=1S/C22H22N2O4/c1-2-9-19(24-20(25)16-10-5-3-6-11-16)22(26)28-15-18-14-27-21(23-18)17-12-7-4-8-13-17/h3-8,10-14,19H,2,9,15H2,1H3,(H,24,25)/t19-/m0/s1. The molecule has 6 heteroatoms. The van der Waals surface area contributed by atoms with E-state index < -0.39 is 12.0 Å². The summed E-state index contributed by atoms with van der Waals surface area (Å²) in [5.41, 5.74) is 1.86. The molecule has 0 bridgehead atoms. The van der Waals surface area contributed by atoms with E-state index in [0.717, 1.165) is 12.0 Å². The first kappa shape index (κ1) is 19.4. The summed E-state index contributed by atoms with van der Waals surface area (Å²) in [4.78, 5) is 29.1. The van der Waals surface area contributed by atoms with Crippen molar-refractivity contribution in [3.05, 3.63) is 78.2 Å². The van der Waals surface area contributed by atoms with Gasteiger partial charge in [-0.2, -0.15) is 0 Å². The second-order valence-corrected chi connectivity index (χ2v) is 6.30. The molecule has 0 aliphatic rings. The maximum absolute atomic E-state index is 12.5. The first-order chi connectivity index (χ1) is 13.7. The van der Waals surface area contributed by atoms with Gasteiger partial charge in [0.25, 0.3) is 5.91 Å². The van der Waals surface area contributed by atoms with E-state index in [1.165, 1.54) is 6.26 Å². The third-order valence-corrected chi connectivity index (χ3v) is 4.14. The van der Waals surface area contributed by atoms with Crippen molar-refractivity contribution in [3.63, 3.8) is 0 Å². The van der Waals surface area contributed by atoms with Crippen molar-refractivity contribution >= 4 is 11.9 Å². The molecule has 0 saturated carbocycles. The molecule has 0 spiro atoms. The van der Waals surface area contributed by atoms with E-state index in [0.29, 0.717) is 23.6 Å². The number of nitrogens with zero attached hydrogens (tertiary/aromatic N) is 1. The minimum Gasteiger partial charge on any atom is -0.458 e.